The third kappa shape index (κ3) is 5.93. The van der Waals surface area contributed by atoms with Gasteiger partial charge in [0.15, 0.2) is 6.10 Å². The summed E-state index contributed by atoms with van der Waals surface area (Å²) in [6, 6.07) is 7.29. The van der Waals surface area contributed by atoms with Crippen LogP contribution in [0.25, 0.3) is 0 Å². The molecular weight excluding hydrogens is 292 g/mol. The summed E-state index contributed by atoms with van der Waals surface area (Å²) < 4.78 is 5.68. The molecule has 1 saturated carbocycles. The Labute approximate surface area is 137 Å². The van der Waals surface area contributed by atoms with Gasteiger partial charge in [-0.05, 0) is 44.0 Å². The van der Waals surface area contributed by atoms with Crippen molar-refractivity contribution in [2.24, 2.45) is 0 Å². The molecule has 2 rings (SSSR count). The van der Waals surface area contributed by atoms with Gasteiger partial charge in [0.25, 0.3) is 5.91 Å². The Morgan fingerprint density at radius 2 is 1.70 bits per heavy atom. The van der Waals surface area contributed by atoms with Crippen molar-refractivity contribution in [2.75, 3.05) is 5.32 Å². The first-order chi connectivity index (χ1) is 11.0. The van der Waals surface area contributed by atoms with Gasteiger partial charge in [0.2, 0.25) is 5.91 Å². The lowest BCUT2D eigenvalue weighted by atomic mass is 10.1. The zero-order valence-electron chi connectivity index (χ0n) is 13.9. The highest BCUT2D eigenvalue weighted by molar-refractivity contribution is 5.88. The molecule has 23 heavy (non-hydrogen) atoms. The fraction of sp³-hybridized carbons (Fsp3) is 0.556. The number of carbonyl (C=O) groups is 2. The molecule has 5 nitrogen and oxygen atoms in total. The van der Waals surface area contributed by atoms with Gasteiger partial charge in [-0.1, -0.05) is 25.7 Å². The highest BCUT2D eigenvalue weighted by atomic mass is 16.5. The fourth-order valence-corrected chi connectivity index (χ4v) is 2.82. The highest BCUT2D eigenvalue weighted by Gasteiger charge is 2.20. The smallest absolute Gasteiger partial charge is 0.260 e. The zero-order chi connectivity index (χ0) is 16.7. The Morgan fingerprint density at radius 3 is 2.26 bits per heavy atom. The topological polar surface area (TPSA) is 67.4 Å². The number of ether oxygens (including phenoxy) is 1. The van der Waals surface area contributed by atoms with Crippen molar-refractivity contribution in [3.05, 3.63) is 24.3 Å². The Bertz CT molecular complexity index is 520. The molecule has 0 bridgehead atoms. The van der Waals surface area contributed by atoms with Gasteiger partial charge in [-0.25, -0.2) is 0 Å². The molecule has 0 unspecified atom stereocenters. The van der Waals surface area contributed by atoms with Crippen LogP contribution in [0.2, 0.25) is 0 Å². The summed E-state index contributed by atoms with van der Waals surface area (Å²) >= 11 is 0. The summed E-state index contributed by atoms with van der Waals surface area (Å²) in [4.78, 5) is 23.2. The lowest BCUT2D eigenvalue weighted by Crippen LogP contribution is -2.42. The fourth-order valence-electron chi connectivity index (χ4n) is 2.82. The summed E-state index contributed by atoms with van der Waals surface area (Å²) in [5, 5.41) is 5.79. The maximum absolute atomic E-state index is 12.2. The second kappa shape index (κ2) is 8.56. The molecule has 0 saturated heterocycles. The molecule has 0 aliphatic heterocycles. The van der Waals surface area contributed by atoms with Crippen LogP contribution in [-0.2, 0) is 9.59 Å². The number of amides is 2. The van der Waals surface area contributed by atoms with E-state index < -0.39 is 6.10 Å². The van der Waals surface area contributed by atoms with E-state index in [-0.39, 0.29) is 17.9 Å². The van der Waals surface area contributed by atoms with Gasteiger partial charge in [-0.15, -0.1) is 0 Å². The van der Waals surface area contributed by atoms with E-state index >= 15 is 0 Å². The number of hydrogen-bond acceptors (Lipinski definition) is 3. The van der Waals surface area contributed by atoms with E-state index in [4.69, 9.17) is 4.74 Å². The standard InChI is InChI=1S/C18H26N2O3/c1-13(18(22)20-15-7-5-3-4-6-8-15)23-17-11-9-16(10-12-17)19-14(2)21/h9-13,15H,3-8H2,1-2H3,(H,19,21)(H,20,22)/t13-/m1/s1. The van der Waals surface area contributed by atoms with Gasteiger partial charge < -0.3 is 15.4 Å². The number of carbonyl (C=O) groups excluding carboxylic acids is 2. The zero-order valence-corrected chi connectivity index (χ0v) is 13.9. The molecule has 1 aromatic rings. The van der Waals surface area contributed by atoms with Crippen LogP contribution in [0.4, 0.5) is 5.69 Å². The molecule has 1 aliphatic rings. The maximum Gasteiger partial charge on any atom is 0.260 e. The van der Waals surface area contributed by atoms with Crippen molar-refractivity contribution in [3.63, 3.8) is 0 Å². The molecular formula is C18H26N2O3. The average Bonchev–Trinajstić information content (AvgIpc) is 2.77. The minimum absolute atomic E-state index is 0.0668. The molecule has 1 aliphatic carbocycles. The van der Waals surface area contributed by atoms with Crippen molar-refractivity contribution in [1.29, 1.82) is 0 Å². The minimum atomic E-state index is -0.537. The third-order valence-corrected chi connectivity index (χ3v) is 4.06. The molecule has 0 aromatic heterocycles. The molecule has 0 heterocycles. The van der Waals surface area contributed by atoms with Gasteiger partial charge in [0, 0.05) is 18.7 Å². The summed E-state index contributed by atoms with van der Waals surface area (Å²) in [7, 11) is 0. The van der Waals surface area contributed by atoms with E-state index in [9.17, 15) is 9.59 Å². The number of anilines is 1. The van der Waals surface area contributed by atoms with Crippen LogP contribution in [0.3, 0.4) is 0 Å². The Balaban J connectivity index is 1.83. The van der Waals surface area contributed by atoms with E-state index in [1.165, 1.54) is 32.6 Å². The summed E-state index contributed by atoms with van der Waals surface area (Å²) in [5.74, 6) is 0.431. The summed E-state index contributed by atoms with van der Waals surface area (Å²) in [6.45, 7) is 3.22. The van der Waals surface area contributed by atoms with Crippen molar-refractivity contribution in [2.45, 2.75) is 64.5 Å². The normalized spacial score (nSPS) is 17.0. The SMILES string of the molecule is CC(=O)Nc1ccc(O[C@H](C)C(=O)NC2CCCCCC2)cc1. The second-order valence-electron chi connectivity index (χ2n) is 6.16. The molecule has 1 fully saturated rings. The van der Waals surface area contributed by atoms with Crippen molar-refractivity contribution >= 4 is 17.5 Å². The molecule has 0 radical (unpaired) electrons. The van der Waals surface area contributed by atoms with Crippen LogP contribution >= 0.6 is 0 Å². The monoisotopic (exact) mass is 318 g/mol. The first kappa shape index (κ1) is 17.3. The lowest BCUT2D eigenvalue weighted by molar-refractivity contribution is -0.128. The number of nitrogens with one attached hydrogen (secondary N) is 2. The summed E-state index contributed by atoms with van der Waals surface area (Å²) in [6.07, 6.45) is 6.48. The summed E-state index contributed by atoms with van der Waals surface area (Å²) in [5.41, 5.74) is 0.709. The van der Waals surface area contributed by atoms with E-state index in [1.807, 2.05) is 0 Å². The van der Waals surface area contributed by atoms with Crippen molar-refractivity contribution in [3.8, 4) is 5.75 Å². The molecule has 1 atom stereocenters. The van der Waals surface area contributed by atoms with Crippen LogP contribution in [-0.4, -0.2) is 24.0 Å². The maximum atomic E-state index is 12.2. The van der Waals surface area contributed by atoms with Crippen molar-refractivity contribution < 1.29 is 14.3 Å². The van der Waals surface area contributed by atoms with Crippen LogP contribution in [0.5, 0.6) is 5.75 Å². The number of benzene rings is 1. The van der Waals surface area contributed by atoms with Crippen LogP contribution < -0.4 is 15.4 Å². The number of hydrogen-bond donors (Lipinski definition) is 2. The molecule has 2 N–H and O–H groups in total. The van der Waals surface area contributed by atoms with Crippen LogP contribution in [0.1, 0.15) is 52.4 Å². The Morgan fingerprint density at radius 1 is 1.09 bits per heavy atom. The van der Waals surface area contributed by atoms with Gasteiger partial charge in [-0.3, -0.25) is 9.59 Å². The van der Waals surface area contributed by atoms with E-state index in [0.717, 1.165) is 12.8 Å². The predicted octanol–water partition coefficient (Wildman–Crippen LogP) is 3.25. The largest absolute Gasteiger partial charge is 0.481 e. The molecule has 126 valence electrons. The molecule has 2 amide bonds. The second-order valence-corrected chi connectivity index (χ2v) is 6.16. The molecule has 5 heteroatoms. The molecule has 1 aromatic carbocycles. The third-order valence-electron chi connectivity index (χ3n) is 4.06. The quantitative estimate of drug-likeness (QED) is 0.819. The molecule has 0 spiro atoms. The highest BCUT2D eigenvalue weighted by Crippen LogP contribution is 2.19. The Hall–Kier alpha value is -2.04. The van der Waals surface area contributed by atoms with Crippen molar-refractivity contribution in [1.82, 2.24) is 5.32 Å². The predicted molar refractivity (Wildman–Crippen MR) is 90.5 cm³/mol. The number of rotatable bonds is 5. The first-order valence-corrected chi connectivity index (χ1v) is 8.39. The van der Waals surface area contributed by atoms with Crippen LogP contribution in [0.15, 0.2) is 24.3 Å². The Kier molecular flexibility index (Phi) is 6.44. The van der Waals surface area contributed by atoms with Gasteiger partial charge in [-0.2, -0.15) is 0 Å². The first-order valence-electron chi connectivity index (χ1n) is 8.39. The van der Waals surface area contributed by atoms with E-state index in [0.29, 0.717) is 11.4 Å². The van der Waals surface area contributed by atoms with Gasteiger partial charge in [0.1, 0.15) is 5.75 Å². The lowest BCUT2D eigenvalue weighted by Gasteiger charge is -2.20. The minimum Gasteiger partial charge on any atom is -0.481 e. The van der Waals surface area contributed by atoms with Gasteiger partial charge in [0.05, 0.1) is 0 Å². The van der Waals surface area contributed by atoms with E-state index in [2.05, 4.69) is 10.6 Å². The van der Waals surface area contributed by atoms with Crippen LogP contribution in [0, 0.1) is 0 Å². The van der Waals surface area contributed by atoms with Gasteiger partial charge >= 0.3 is 0 Å². The average molecular weight is 318 g/mol. The van der Waals surface area contributed by atoms with E-state index in [1.54, 1.807) is 31.2 Å².